The van der Waals surface area contributed by atoms with Crippen LogP contribution in [0.4, 0.5) is 11.4 Å². The van der Waals surface area contributed by atoms with Crippen LogP contribution in [0.1, 0.15) is 5.56 Å². The smallest absolute Gasteiger partial charge is 0.264 e. The molecule has 0 saturated heterocycles. The van der Waals surface area contributed by atoms with Gasteiger partial charge in [0.25, 0.3) is 10.0 Å². The summed E-state index contributed by atoms with van der Waals surface area (Å²) in [4.78, 5) is 12.7. The predicted octanol–water partition coefficient (Wildman–Crippen LogP) is 3.85. The Hall–Kier alpha value is -3.52. The molecular weight excluding hydrogens is 416 g/mol. The summed E-state index contributed by atoms with van der Waals surface area (Å²) >= 11 is 0. The molecule has 0 atom stereocenters. The molecule has 0 unspecified atom stereocenters. The number of hydrogen-bond donors (Lipinski definition) is 1. The van der Waals surface area contributed by atoms with E-state index in [9.17, 15) is 13.2 Å². The van der Waals surface area contributed by atoms with Crippen molar-refractivity contribution in [1.82, 2.24) is 0 Å². The summed E-state index contributed by atoms with van der Waals surface area (Å²) in [5, 5.41) is 2.73. The van der Waals surface area contributed by atoms with Crippen molar-refractivity contribution in [3.05, 3.63) is 78.4 Å². The van der Waals surface area contributed by atoms with Crippen molar-refractivity contribution in [2.45, 2.75) is 11.8 Å². The topological polar surface area (TPSA) is 84.9 Å². The van der Waals surface area contributed by atoms with Crippen LogP contribution in [-0.4, -0.2) is 35.1 Å². The van der Waals surface area contributed by atoms with Crippen LogP contribution in [0.15, 0.2) is 77.7 Å². The molecule has 31 heavy (non-hydrogen) atoms. The van der Waals surface area contributed by atoms with Crippen LogP contribution in [-0.2, 0) is 14.8 Å². The van der Waals surface area contributed by atoms with E-state index in [0.29, 0.717) is 17.1 Å². The number of amides is 1. The number of para-hydroxylation sites is 1. The number of aryl methyl sites for hydroxylation is 1. The van der Waals surface area contributed by atoms with E-state index in [-0.39, 0.29) is 10.6 Å². The zero-order valence-electron chi connectivity index (χ0n) is 17.5. The Labute approximate surface area is 182 Å². The van der Waals surface area contributed by atoms with E-state index in [4.69, 9.17) is 9.47 Å². The SMILES string of the molecule is COc1ccc(S(=O)(=O)N(CC(=O)Nc2ccccc2)c2ccc(C)cc2)cc1OC. The lowest BCUT2D eigenvalue weighted by molar-refractivity contribution is -0.114. The lowest BCUT2D eigenvalue weighted by atomic mass is 10.2. The Kier molecular flexibility index (Phi) is 6.81. The van der Waals surface area contributed by atoms with Gasteiger partial charge >= 0.3 is 0 Å². The molecule has 0 aliphatic carbocycles. The summed E-state index contributed by atoms with van der Waals surface area (Å²) in [7, 11) is -1.17. The normalized spacial score (nSPS) is 10.9. The van der Waals surface area contributed by atoms with Gasteiger partial charge < -0.3 is 14.8 Å². The van der Waals surface area contributed by atoms with Crippen LogP contribution >= 0.6 is 0 Å². The molecule has 8 heteroatoms. The molecular formula is C23H24N2O5S. The average molecular weight is 441 g/mol. The number of nitrogens with zero attached hydrogens (tertiary/aromatic N) is 1. The van der Waals surface area contributed by atoms with Gasteiger partial charge in [0.05, 0.1) is 24.8 Å². The molecule has 0 spiro atoms. The van der Waals surface area contributed by atoms with Crippen molar-refractivity contribution in [1.29, 1.82) is 0 Å². The molecule has 3 aromatic carbocycles. The maximum atomic E-state index is 13.5. The molecule has 0 aromatic heterocycles. The standard InChI is InChI=1S/C23H24N2O5S/c1-17-9-11-19(12-10-17)25(16-23(26)24-18-7-5-4-6-8-18)31(27,28)20-13-14-21(29-2)22(15-20)30-3/h4-15H,16H2,1-3H3,(H,24,26). The fourth-order valence-corrected chi connectivity index (χ4v) is 4.42. The summed E-state index contributed by atoms with van der Waals surface area (Å²) in [5.74, 6) is 0.224. The Morgan fingerprint density at radius 2 is 1.55 bits per heavy atom. The summed E-state index contributed by atoms with van der Waals surface area (Å²) in [6.07, 6.45) is 0. The van der Waals surface area contributed by atoms with Gasteiger partial charge in [-0.25, -0.2) is 8.42 Å². The van der Waals surface area contributed by atoms with Gasteiger partial charge in [-0.05, 0) is 43.3 Å². The molecule has 3 aromatic rings. The van der Waals surface area contributed by atoms with E-state index in [1.807, 2.05) is 13.0 Å². The number of hydrogen-bond acceptors (Lipinski definition) is 5. The number of methoxy groups -OCH3 is 2. The molecule has 0 aliphatic rings. The summed E-state index contributed by atoms with van der Waals surface area (Å²) in [6, 6.07) is 20.1. The lowest BCUT2D eigenvalue weighted by Gasteiger charge is -2.24. The Morgan fingerprint density at radius 1 is 0.903 bits per heavy atom. The first-order chi connectivity index (χ1) is 14.8. The monoisotopic (exact) mass is 440 g/mol. The van der Waals surface area contributed by atoms with E-state index in [2.05, 4.69) is 5.32 Å². The molecule has 0 aliphatic heterocycles. The van der Waals surface area contributed by atoms with E-state index in [0.717, 1.165) is 9.87 Å². The maximum absolute atomic E-state index is 13.5. The largest absolute Gasteiger partial charge is 0.493 e. The second-order valence-electron chi connectivity index (χ2n) is 6.78. The minimum atomic E-state index is -4.07. The fourth-order valence-electron chi connectivity index (χ4n) is 2.98. The highest BCUT2D eigenvalue weighted by Crippen LogP contribution is 2.32. The van der Waals surface area contributed by atoms with Crippen LogP contribution in [0, 0.1) is 6.92 Å². The molecule has 1 amide bonds. The molecule has 1 N–H and O–H groups in total. The predicted molar refractivity (Wildman–Crippen MR) is 120 cm³/mol. The van der Waals surface area contributed by atoms with Crippen LogP contribution in [0.2, 0.25) is 0 Å². The number of nitrogens with one attached hydrogen (secondary N) is 1. The maximum Gasteiger partial charge on any atom is 0.264 e. The van der Waals surface area contributed by atoms with Crippen molar-refractivity contribution in [2.75, 3.05) is 30.4 Å². The summed E-state index contributed by atoms with van der Waals surface area (Å²) in [5.41, 5.74) is 1.93. The van der Waals surface area contributed by atoms with Crippen LogP contribution < -0.4 is 19.1 Å². The highest BCUT2D eigenvalue weighted by molar-refractivity contribution is 7.92. The number of ether oxygens (including phenoxy) is 2. The molecule has 0 fully saturated rings. The number of rotatable bonds is 8. The average Bonchev–Trinajstić information content (AvgIpc) is 2.78. The van der Waals surface area contributed by atoms with E-state index >= 15 is 0 Å². The number of sulfonamides is 1. The Morgan fingerprint density at radius 3 is 2.16 bits per heavy atom. The highest BCUT2D eigenvalue weighted by atomic mass is 32.2. The van der Waals surface area contributed by atoms with E-state index < -0.39 is 22.5 Å². The zero-order chi connectivity index (χ0) is 22.4. The highest BCUT2D eigenvalue weighted by Gasteiger charge is 2.28. The zero-order valence-corrected chi connectivity index (χ0v) is 18.3. The first kappa shape index (κ1) is 22.2. The first-order valence-corrected chi connectivity index (χ1v) is 11.0. The van der Waals surface area contributed by atoms with Gasteiger partial charge in [0.2, 0.25) is 5.91 Å². The molecule has 3 rings (SSSR count). The molecule has 162 valence electrons. The quantitative estimate of drug-likeness (QED) is 0.575. The van der Waals surface area contributed by atoms with E-state index in [1.165, 1.54) is 32.4 Å². The van der Waals surface area contributed by atoms with Gasteiger partial charge in [0.15, 0.2) is 11.5 Å². The van der Waals surface area contributed by atoms with Gasteiger partial charge in [0.1, 0.15) is 6.54 Å². The van der Waals surface area contributed by atoms with Crippen molar-refractivity contribution < 1.29 is 22.7 Å². The van der Waals surface area contributed by atoms with Gasteiger partial charge in [-0.15, -0.1) is 0 Å². The molecule has 7 nitrogen and oxygen atoms in total. The third kappa shape index (κ3) is 5.16. The molecule has 0 saturated carbocycles. The lowest BCUT2D eigenvalue weighted by Crippen LogP contribution is -2.38. The van der Waals surface area contributed by atoms with Gasteiger partial charge in [-0.3, -0.25) is 9.10 Å². The van der Waals surface area contributed by atoms with Crippen molar-refractivity contribution in [3.8, 4) is 11.5 Å². The summed E-state index contributed by atoms with van der Waals surface area (Å²) < 4.78 is 38.6. The number of anilines is 2. The van der Waals surface area contributed by atoms with Gasteiger partial charge in [0, 0.05) is 11.8 Å². The van der Waals surface area contributed by atoms with Crippen LogP contribution in [0.5, 0.6) is 11.5 Å². The number of carbonyl (C=O) groups is 1. The fraction of sp³-hybridized carbons (Fsp3) is 0.174. The second-order valence-corrected chi connectivity index (χ2v) is 8.64. The van der Waals surface area contributed by atoms with Gasteiger partial charge in [-0.1, -0.05) is 35.9 Å². The minimum Gasteiger partial charge on any atom is -0.493 e. The van der Waals surface area contributed by atoms with Gasteiger partial charge in [-0.2, -0.15) is 0 Å². The van der Waals surface area contributed by atoms with Crippen molar-refractivity contribution in [3.63, 3.8) is 0 Å². The van der Waals surface area contributed by atoms with Crippen molar-refractivity contribution in [2.24, 2.45) is 0 Å². The minimum absolute atomic E-state index is 0.0155. The first-order valence-electron chi connectivity index (χ1n) is 9.51. The van der Waals surface area contributed by atoms with Crippen LogP contribution in [0.25, 0.3) is 0 Å². The second kappa shape index (κ2) is 9.53. The Bertz CT molecular complexity index is 1150. The molecule has 0 heterocycles. The number of benzene rings is 3. The molecule has 0 bridgehead atoms. The van der Waals surface area contributed by atoms with Crippen LogP contribution in [0.3, 0.4) is 0 Å². The third-order valence-corrected chi connectivity index (χ3v) is 6.38. The Balaban J connectivity index is 1.99. The van der Waals surface area contributed by atoms with E-state index in [1.54, 1.807) is 48.5 Å². The third-order valence-electron chi connectivity index (χ3n) is 4.61. The number of carbonyl (C=O) groups excluding carboxylic acids is 1. The molecule has 0 radical (unpaired) electrons. The van der Waals surface area contributed by atoms with Crippen molar-refractivity contribution >= 4 is 27.3 Å². The summed E-state index contributed by atoms with van der Waals surface area (Å²) in [6.45, 7) is 1.51.